The fourth-order valence-electron chi connectivity index (χ4n) is 2.60. The summed E-state index contributed by atoms with van der Waals surface area (Å²) in [7, 11) is 3.31. The molecule has 0 aliphatic carbocycles. The van der Waals surface area contributed by atoms with Crippen LogP contribution in [0.1, 0.15) is 10.6 Å². The molecule has 0 atom stereocenters. The lowest BCUT2D eigenvalue weighted by Gasteiger charge is -2.08. The molecule has 0 bridgehead atoms. The van der Waals surface area contributed by atoms with Crippen LogP contribution in [0.15, 0.2) is 48.7 Å². The Morgan fingerprint density at radius 2 is 1.88 bits per heavy atom. The smallest absolute Gasteiger partial charge is 0.131 e. The van der Waals surface area contributed by atoms with Gasteiger partial charge in [0, 0.05) is 29.4 Å². The SMILES string of the molecule is COc1ccc(-c2cnc(CNCCc3ccc(Cl)cc3)s2)c(OC)c1. The summed E-state index contributed by atoms with van der Waals surface area (Å²) in [6.45, 7) is 1.64. The van der Waals surface area contributed by atoms with Crippen molar-refractivity contribution >= 4 is 22.9 Å². The number of rotatable bonds is 8. The highest BCUT2D eigenvalue weighted by Crippen LogP contribution is 2.36. The van der Waals surface area contributed by atoms with Gasteiger partial charge in [-0.15, -0.1) is 11.3 Å². The molecular weight excluding hydrogens is 368 g/mol. The topological polar surface area (TPSA) is 43.4 Å². The van der Waals surface area contributed by atoms with Crippen LogP contribution >= 0.6 is 22.9 Å². The van der Waals surface area contributed by atoms with E-state index in [9.17, 15) is 0 Å². The highest BCUT2D eigenvalue weighted by molar-refractivity contribution is 7.15. The fraction of sp³-hybridized carbons (Fsp3) is 0.250. The molecule has 1 aromatic heterocycles. The molecular formula is C20H21ClN2O2S. The second kappa shape index (κ2) is 9.03. The minimum atomic E-state index is 0.747. The molecule has 0 fully saturated rings. The van der Waals surface area contributed by atoms with E-state index in [1.807, 2.05) is 36.5 Å². The van der Waals surface area contributed by atoms with Gasteiger partial charge < -0.3 is 14.8 Å². The maximum absolute atomic E-state index is 5.91. The van der Waals surface area contributed by atoms with Crippen LogP contribution in [-0.4, -0.2) is 25.7 Å². The number of aromatic nitrogens is 1. The van der Waals surface area contributed by atoms with Gasteiger partial charge in [-0.25, -0.2) is 4.98 Å². The van der Waals surface area contributed by atoms with Crippen LogP contribution in [0.5, 0.6) is 11.5 Å². The largest absolute Gasteiger partial charge is 0.497 e. The highest BCUT2D eigenvalue weighted by atomic mass is 35.5. The second-order valence-corrected chi connectivity index (χ2v) is 7.29. The fourth-order valence-corrected chi connectivity index (χ4v) is 3.64. The Kier molecular flexibility index (Phi) is 6.50. The molecule has 0 unspecified atom stereocenters. The quantitative estimate of drug-likeness (QED) is 0.562. The van der Waals surface area contributed by atoms with E-state index in [0.29, 0.717) is 0 Å². The monoisotopic (exact) mass is 388 g/mol. The summed E-state index contributed by atoms with van der Waals surface area (Å²) >= 11 is 7.57. The molecule has 0 radical (unpaired) electrons. The van der Waals surface area contributed by atoms with E-state index in [-0.39, 0.29) is 0 Å². The first-order valence-corrected chi connectivity index (χ1v) is 9.51. The van der Waals surface area contributed by atoms with Gasteiger partial charge in [0.25, 0.3) is 0 Å². The molecule has 0 amide bonds. The summed E-state index contributed by atoms with van der Waals surface area (Å²) in [5.74, 6) is 1.56. The van der Waals surface area contributed by atoms with Crippen molar-refractivity contribution in [3.63, 3.8) is 0 Å². The third kappa shape index (κ3) is 4.75. The molecule has 1 heterocycles. The molecule has 0 aliphatic rings. The van der Waals surface area contributed by atoms with Crippen molar-refractivity contribution in [2.24, 2.45) is 0 Å². The Morgan fingerprint density at radius 3 is 2.62 bits per heavy atom. The first-order valence-electron chi connectivity index (χ1n) is 8.32. The highest BCUT2D eigenvalue weighted by Gasteiger charge is 2.11. The van der Waals surface area contributed by atoms with Crippen molar-refractivity contribution in [2.75, 3.05) is 20.8 Å². The van der Waals surface area contributed by atoms with Gasteiger partial charge in [0.2, 0.25) is 0 Å². The van der Waals surface area contributed by atoms with Crippen LogP contribution < -0.4 is 14.8 Å². The van der Waals surface area contributed by atoms with Gasteiger partial charge in [-0.1, -0.05) is 23.7 Å². The Bertz CT molecular complexity index is 849. The lowest BCUT2D eigenvalue weighted by atomic mass is 10.1. The molecule has 3 aromatic rings. The second-order valence-electron chi connectivity index (χ2n) is 5.74. The van der Waals surface area contributed by atoms with E-state index >= 15 is 0 Å². The van der Waals surface area contributed by atoms with Gasteiger partial charge in [-0.05, 0) is 42.8 Å². The van der Waals surface area contributed by atoms with E-state index in [0.717, 1.165) is 51.5 Å². The van der Waals surface area contributed by atoms with Gasteiger partial charge in [0.15, 0.2) is 0 Å². The molecule has 4 nitrogen and oxygen atoms in total. The van der Waals surface area contributed by atoms with Gasteiger partial charge in [-0.2, -0.15) is 0 Å². The standard InChI is InChI=1S/C20H21ClN2O2S/c1-24-16-7-8-17(18(11-16)25-2)19-12-23-20(26-19)13-22-10-9-14-3-5-15(21)6-4-14/h3-8,11-12,22H,9-10,13H2,1-2H3. The van der Waals surface area contributed by atoms with Crippen LogP contribution in [0.3, 0.4) is 0 Å². The summed E-state index contributed by atoms with van der Waals surface area (Å²) < 4.78 is 10.7. The van der Waals surface area contributed by atoms with Gasteiger partial charge in [-0.3, -0.25) is 0 Å². The van der Waals surface area contributed by atoms with E-state index in [1.54, 1.807) is 25.6 Å². The third-order valence-electron chi connectivity index (χ3n) is 4.01. The molecule has 0 saturated carbocycles. The number of ether oxygens (including phenoxy) is 2. The number of methoxy groups -OCH3 is 2. The summed E-state index contributed by atoms with van der Waals surface area (Å²) in [4.78, 5) is 5.60. The molecule has 0 spiro atoms. The minimum absolute atomic E-state index is 0.747. The number of hydrogen-bond acceptors (Lipinski definition) is 5. The van der Waals surface area contributed by atoms with Crippen molar-refractivity contribution in [1.29, 1.82) is 0 Å². The molecule has 136 valence electrons. The summed E-state index contributed by atoms with van der Waals surface area (Å²) in [6, 6.07) is 13.8. The number of benzene rings is 2. The first-order chi connectivity index (χ1) is 12.7. The predicted molar refractivity (Wildman–Crippen MR) is 108 cm³/mol. The zero-order chi connectivity index (χ0) is 18.4. The number of hydrogen-bond donors (Lipinski definition) is 1. The van der Waals surface area contributed by atoms with Gasteiger partial charge in [0.05, 0.1) is 19.1 Å². The predicted octanol–water partition coefficient (Wildman–Crippen LogP) is 4.81. The molecule has 26 heavy (non-hydrogen) atoms. The van der Waals surface area contributed by atoms with E-state index in [2.05, 4.69) is 22.4 Å². The normalized spacial score (nSPS) is 10.7. The van der Waals surface area contributed by atoms with Crippen LogP contribution in [0, 0.1) is 0 Å². The molecule has 2 aromatic carbocycles. The van der Waals surface area contributed by atoms with Crippen molar-refractivity contribution in [2.45, 2.75) is 13.0 Å². The Hall–Kier alpha value is -2.08. The van der Waals surface area contributed by atoms with Crippen LogP contribution in [0.2, 0.25) is 5.02 Å². The van der Waals surface area contributed by atoms with Crippen molar-refractivity contribution in [3.05, 3.63) is 64.3 Å². The number of thiazole rings is 1. The van der Waals surface area contributed by atoms with Gasteiger partial charge >= 0.3 is 0 Å². The molecule has 0 saturated heterocycles. The number of halogens is 1. The molecule has 1 N–H and O–H groups in total. The van der Waals surface area contributed by atoms with E-state index in [4.69, 9.17) is 21.1 Å². The van der Waals surface area contributed by atoms with Crippen LogP contribution in [0.4, 0.5) is 0 Å². The van der Waals surface area contributed by atoms with Crippen LogP contribution in [0.25, 0.3) is 10.4 Å². The maximum atomic E-state index is 5.91. The molecule has 3 rings (SSSR count). The first kappa shape index (κ1) is 18.7. The molecule has 6 heteroatoms. The lowest BCUT2D eigenvalue weighted by molar-refractivity contribution is 0.395. The number of nitrogens with one attached hydrogen (secondary N) is 1. The maximum Gasteiger partial charge on any atom is 0.131 e. The summed E-state index contributed by atoms with van der Waals surface area (Å²) in [5, 5.41) is 5.26. The Morgan fingerprint density at radius 1 is 1.08 bits per heavy atom. The van der Waals surface area contributed by atoms with Crippen LogP contribution in [-0.2, 0) is 13.0 Å². The van der Waals surface area contributed by atoms with Gasteiger partial charge in [0.1, 0.15) is 16.5 Å². The third-order valence-corrected chi connectivity index (χ3v) is 5.29. The zero-order valence-electron chi connectivity index (χ0n) is 14.8. The van der Waals surface area contributed by atoms with Crippen molar-refractivity contribution < 1.29 is 9.47 Å². The average Bonchev–Trinajstić information content (AvgIpc) is 3.14. The summed E-state index contributed by atoms with van der Waals surface area (Å²) in [5.41, 5.74) is 2.29. The van der Waals surface area contributed by atoms with Crippen molar-refractivity contribution in [1.82, 2.24) is 10.3 Å². The molecule has 0 aliphatic heterocycles. The Balaban J connectivity index is 1.57. The zero-order valence-corrected chi connectivity index (χ0v) is 16.4. The summed E-state index contributed by atoms with van der Waals surface area (Å²) in [6.07, 6.45) is 2.85. The van der Waals surface area contributed by atoms with E-state index < -0.39 is 0 Å². The van der Waals surface area contributed by atoms with E-state index in [1.165, 1.54) is 5.56 Å². The van der Waals surface area contributed by atoms with Crippen molar-refractivity contribution in [3.8, 4) is 21.9 Å². The number of nitrogens with zero attached hydrogens (tertiary/aromatic N) is 1. The average molecular weight is 389 g/mol. The lowest BCUT2D eigenvalue weighted by Crippen LogP contribution is -2.16. The Labute approximate surface area is 162 Å². The minimum Gasteiger partial charge on any atom is -0.497 e.